The van der Waals surface area contributed by atoms with E-state index < -0.39 is 5.97 Å². The molecule has 1 aromatic heterocycles. The third-order valence-corrected chi connectivity index (χ3v) is 4.21. The van der Waals surface area contributed by atoms with Gasteiger partial charge in [-0.2, -0.15) is 0 Å². The van der Waals surface area contributed by atoms with Crippen LogP contribution in [-0.4, -0.2) is 44.0 Å². The van der Waals surface area contributed by atoms with Gasteiger partial charge in [0.05, 0.1) is 18.1 Å². The van der Waals surface area contributed by atoms with Gasteiger partial charge in [0.2, 0.25) is 0 Å². The maximum atomic E-state index is 11.0. The first-order valence-corrected chi connectivity index (χ1v) is 7.01. The topological polar surface area (TPSA) is 90.1 Å². The highest BCUT2D eigenvalue weighted by Crippen LogP contribution is 2.38. The van der Waals surface area contributed by atoms with Crippen LogP contribution in [0.3, 0.4) is 0 Å². The van der Waals surface area contributed by atoms with Crippen LogP contribution in [0.15, 0.2) is 0 Å². The molecule has 0 amide bonds. The Morgan fingerprint density at radius 3 is 2.65 bits per heavy atom. The van der Waals surface area contributed by atoms with E-state index in [0.717, 1.165) is 19.3 Å². The van der Waals surface area contributed by atoms with Crippen LogP contribution in [0.5, 0.6) is 0 Å². The van der Waals surface area contributed by atoms with Gasteiger partial charge < -0.3 is 9.84 Å². The number of rotatable bonds is 7. The fourth-order valence-corrected chi connectivity index (χ4v) is 2.68. The number of carboxylic acids is 1. The molecule has 1 aliphatic carbocycles. The molecule has 7 heteroatoms. The van der Waals surface area contributed by atoms with Gasteiger partial charge in [0.15, 0.2) is 5.82 Å². The normalized spacial score (nSPS) is 18.8. The number of aromatic nitrogens is 4. The number of nitrogens with zero attached hydrogens (tertiary/aromatic N) is 4. The molecule has 0 bridgehead atoms. The van der Waals surface area contributed by atoms with E-state index in [1.165, 1.54) is 0 Å². The second-order valence-electron chi connectivity index (χ2n) is 5.87. The molecule has 2 rings (SSSR count). The molecule has 0 aliphatic heterocycles. The Bertz CT molecular complexity index is 462. The number of hydrogen-bond acceptors (Lipinski definition) is 5. The van der Waals surface area contributed by atoms with Crippen LogP contribution in [-0.2, 0) is 16.0 Å². The predicted octanol–water partition coefficient (Wildman–Crippen LogP) is 1.46. The van der Waals surface area contributed by atoms with E-state index in [-0.39, 0.29) is 24.0 Å². The van der Waals surface area contributed by atoms with E-state index in [0.29, 0.717) is 12.2 Å². The Kier molecular flexibility index (Phi) is 4.37. The zero-order valence-corrected chi connectivity index (χ0v) is 12.2. The minimum Gasteiger partial charge on any atom is -0.481 e. The van der Waals surface area contributed by atoms with Crippen LogP contribution in [0.4, 0.5) is 0 Å². The van der Waals surface area contributed by atoms with Gasteiger partial charge in [-0.1, -0.05) is 13.8 Å². The van der Waals surface area contributed by atoms with E-state index in [1.807, 2.05) is 13.8 Å². The lowest BCUT2D eigenvalue weighted by molar-refractivity contribution is -0.138. The molecular formula is C13H22N4O3. The smallest absolute Gasteiger partial charge is 0.305 e. The zero-order chi connectivity index (χ0) is 14.8. The maximum Gasteiger partial charge on any atom is 0.305 e. The molecule has 0 spiro atoms. The van der Waals surface area contributed by atoms with Crippen molar-refractivity contribution in [2.75, 3.05) is 7.11 Å². The van der Waals surface area contributed by atoms with Crippen LogP contribution in [0.2, 0.25) is 0 Å². The Morgan fingerprint density at radius 1 is 1.50 bits per heavy atom. The monoisotopic (exact) mass is 282 g/mol. The van der Waals surface area contributed by atoms with Crippen molar-refractivity contribution >= 4 is 5.97 Å². The fourth-order valence-electron chi connectivity index (χ4n) is 2.68. The molecule has 1 atom stereocenters. The third-order valence-electron chi connectivity index (χ3n) is 4.21. The number of aliphatic carboxylic acids is 1. The van der Waals surface area contributed by atoms with Crippen molar-refractivity contribution in [1.29, 1.82) is 0 Å². The second kappa shape index (κ2) is 5.87. The van der Waals surface area contributed by atoms with Crippen molar-refractivity contribution in [1.82, 2.24) is 20.2 Å². The highest BCUT2D eigenvalue weighted by molar-refractivity contribution is 5.67. The highest BCUT2D eigenvalue weighted by Gasteiger charge is 2.39. The van der Waals surface area contributed by atoms with Crippen LogP contribution >= 0.6 is 0 Å². The largest absolute Gasteiger partial charge is 0.481 e. The molecule has 7 nitrogen and oxygen atoms in total. The van der Waals surface area contributed by atoms with Crippen molar-refractivity contribution in [2.45, 2.75) is 57.6 Å². The van der Waals surface area contributed by atoms with E-state index >= 15 is 0 Å². The van der Waals surface area contributed by atoms with Gasteiger partial charge in [0.1, 0.15) is 0 Å². The summed E-state index contributed by atoms with van der Waals surface area (Å²) in [6.45, 7) is 3.96. The standard InChI is InChI=1S/C13H22N4O3/c1-9(2)10(7-12(18)19)17-11(14-15-16-17)8-13(20-3)5-4-6-13/h9-10H,4-8H2,1-3H3,(H,18,19). The van der Waals surface area contributed by atoms with Crippen molar-refractivity contribution in [2.24, 2.45) is 5.92 Å². The molecule has 1 aliphatic rings. The number of ether oxygens (including phenoxy) is 1. The summed E-state index contributed by atoms with van der Waals surface area (Å²) in [5.41, 5.74) is -0.169. The van der Waals surface area contributed by atoms with Crippen molar-refractivity contribution in [3.05, 3.63) is 5.82 Å². The lowest BCUT2D eigenvalue weighted by atomic mass is 9.77. The highest BCUT2D eigenvalue weighted by atomic mass is 16.5. The second-order valence-corrected chi connectivity index (χ2v) is 5.87. The molecule has 1 saturated carbocycles. The minimum absolute atomic E-state index is 0.0235. The average molecular weight is 282 g/mol. The van der Waals surface area contributed by atoms with E-state index in [9.17, 15) is 4.79 Å². The first-order valence-electron chi connectivity index (χ1n) is 7.01. The van der Waals surface area contributed by atoms with Crippen LogP contribution < -0.4 is 0 Å². The molecular weight excluding hydrogens is 260 g/mol. The molecule has 1 heterocycles. The number of hydrogen-bond donors (Lipinski definition) is 1. The molecule has 0 radical (unpaired) electrons. The lowest BCUT2D eigenvalue weighted by Crippen LogP contribution is -2.42. The summed E-state index contributed by atoms with van der Waals surface area (Å²) in [5, 5.41) is 20.9. The van der Waals surface area contributed by atoms with E-state index in [1.54, 1.807) is 11.8 Å². The van der Waals surface area contributed by atoms with Gasteiger partial charge in [0.25, 0.3) is 0 Å². The number of methoxy groups -OCH3 is 1. The molecule has 20 heavy (non-hydrogen) atoms. The van der Waals surface area contributed by atoms with Gasteiger partial charge in [-0.3, -0.25) is 4.79 Å². The molecule has 0 aromatic carbocycles. The predicted molar refractivity (Wildman–Crippen MR) is 71.2 cm³/mol. The average Bonchev–Trinajstić information content (AvgIpc) is 2.78. The van der Waals surface area contributed by atoms with Gasteiger partial charge in [0, 0.05) is 13.5 Å². The minimum atomic E-state index is -0.838. The molecule has 1 unspecified atom stereocenters. The van der Waals surface area contributed by atoms with Crippen LogP contribution in [0.25, 0.3) is 0 Å². The van der Waals surface area contributed by atoms with Gasteiger partial charge in [-0.05, 0) is 35.6 Å². The zero-order valence-electron chi connectivity index (χ0n) is 12.2. The SMILES string of the molecule is COC1(Cc2nnnn2C(CC(=O)O)C(C)C)CCC1. The van der Waals surface area contributed by atoms with Crippen LogP contribution in [0, 0.1) is 5.92 Å². The number of carboxylic acid groups (broad SMARTS) is 1. The van der Waals surface area contributed by atoms with Crippen molar-refractivity contribution in [3.63, 3.8) is 0 Å². The molecule has 1 aromatic rings. The molecule has 112 valence electrons. The Balaban J connectivity index is 2.19. The summed E-state index contributed by atoms with van der Waals surface area (Å²) >= 11 is 0. The van der Waals surface area contributed by atoms with Gasteiger partial charge >= 0.3 is 5.97 Å². The quantitative estimate of drug-likeness (QED) is 0.814. The third kappa shape index (κ3) is 2.98. The van der Waals surface area contributed by atoms with E-state index in [2.05, 4.69) is 15.5 Å². The van der Waals surface area contributed by atoms with Gasteiger partial charge in [-0.25, -0.2) is 4.68 Å². The molecule has 0 saturated heterocycles. The van der Waals surface area contributed by atoms with Crippen LogP contribution in [0.1, 0.15) is 51.4 Å². The van der Waals surface area contributed by atoms with Gasteiger partial charge in [-0.15, -0.1) is 5.10 Å². The van der Waals surface area contributed by atoms with E-state index in [4.69, 9.17) is 9.84 Å². The summed E-state index contributed by atoms with van der Waals surface area (Å²) in [6, 6.07) is -0.230. The van der Waals surface area contributed by atoms with Crippen molar-refractivity contribution < 1.29 is 14.6 Å². The first kappa shape index (κ1) is 14.9. The first-order chi connectivity index (χ1) is 9.47. The summed E-state index contributed by atoms with van der Waals surface area (Å²) < 4.78 is 7.26. The Labute approximate surface area is 118 Å². The summed E-state index contributed by atoms with van der Waals surface area (Å²) in [6.07, 6.45) is 3.82. The van der Waals surface area contributed by atoms with Crippen molar-refractivity contribution in [3.8, 4) is 0 Å². The lowest BCUT2D eigenvalue weighted by Gasteiger charge is -2.40. The number of tetrazole rings is 1. The summed E-state index contributed by atoms with van der Waals surface area (Å²) in [7, 11) is 1.71. The summed E-state index contributed by atoms with van der Waals surface area (Å²) in [4.78, 5) is 11.0. The number of carbonyl (C=O) groups is 1. The fraction of sp³-hybridized carbons (Fsp3) is 0.846. The maximum absolute atomic E-state index is 11.0. The molecule has 1 fully saturated rings. The Morgan fingerprint density at radius 2 is 2.20 bits per heavy atom. The molecule has 1 N–H and O–H groups in total. The Hall–Kier alpha value is -1.50. The summed E-state index contributed by atoms with van der Waals surface area (Å²) in [5.74, 6) is 0.0231.